The molecule has 1 aromatic rings. The molecular weight excluding hydrogens is 264 g/mol. The predicted molar refractivity (Wildman–Crippen MR) is 71.8 cm³/mol. The number of ether oxygens (including phenoxy) is 1. The fourth-order valence-corrected chi connectivity index (χ4v) is 1.51. The van der Waals surface area contributed by atoms with Crippen LogP contribution in [0.1, 0.15) is 19.0 Å². The molecule has 0 atom stereocenters. The number of aromatic nitrogens is 2. The number of methoxy groups -OCH3 is 1. The Labute approximate surface area is 116 Å². The minimum absolute atomic E-state index is 0.112. The molecular formula is C12H18N4O4. The Bertz CT molecular complexity index is 492. The number of carbonyl (C=O) groups is 2. The van der Waals surface area contributed by atoms with E-state index in [1.807, 2.05) is 0 Å². The number of carbonyl (C=O) groups excluding carboxylic acids is 1. The highest BCUT2D eigenvalue weighted by Crippen LogP contribution is 2.11. The summed E-state index contributed by atoms with van der Waals surface area (Å²) in [4.78, 5) is 31.9. The molecule has 0 aliphatic rings. The lowest BCUT2D eigenvalue weighted by Gasteiger charge is -2.20. The van der Waals surface area contributed by atoms with Gasteiger partial charge < -0.3 is 14.7 Å². The topological polar surface area (TPSA) is 105 Å². The zero-order valence-electron chi connectivity index (χ0n) is 11.7. The Kier molecular flexibility index (Phi) is 5.70. The number of amides is 2. The SMILES string of the molecule is CCN(CCC(=O)O)C(=O)Nc1nc(C)cc(OC)n1. The van der Waals surface area contributed by atoms with Gasteiger partial charge in [-0.1, -0.05) is 0 Å². The average molecular weight is 282 g/mol. The van der Waals surface area contributed by atoms with Gasteiger partial charge in [0.25, 0.3) is 0 Å². The summed E-state index contributed by atoms with van der Waals surface area (Å²) < 4.78 is 4.99. The van der Waals surface area contributed by atoms with E-state index in [1.54, 1.807) is 19.9 Å². The number of hydrogen-bond acceptors (Lipinski definition) is 5. The Morgan fingerprint density at radius 3 is 2.70 bits per heavy atom. The van der Waals surface area contributed by atoms with Crippen molar-refractivity contribution in [3.8, 4) is 5.88 Å². The van der Waals surface area contributed by atoms with Gasteiger partial charge in [-0.25, -0.2) is 9.78 Å². The molecule has 0 saturated carbocycles. The van der Waals surface area contributed by atoms with E-state index in [0.717, 1.165) is 0 Å². The maximum atomic E-state index is 12.0. The van der Waals surface area contributed by atoms with E-state index in [0.29, 0.717) is 18.1 Å². The Morgan fingerprint density at radius 1 is 1.45 bits per heavy atom. The lowest BCUT2D eigenvalue weighted by atomic mass is 10.4. The second-order valence-corrected chi connectivity index (χ2v) is 4.03. The summed E-state index contributed by atoms with van der Waals surface area (Å²) in [5.74, 6) is -0.480. The zero-order valence-corrected chi connectivity index (χ0v) is 11.7. The van der Waals surface area contributed by atoms with Crippen molar-refractivity contribution in [3.05, 3.63) is 11.8 Å². The number of aryl methyl sites for hydroxylation is 1. The maximum Gasteiger partial charge on any atom is 0.324 e. The summed E-state index contributed by atoms with van der Waals surface area (Å²) >= 11 is 0. The van der Waals surface area contributed by atoms with Crippen molar-refractivity contribution in [3.63, 3.8) is 0 Å². The second-order valence-electron chi connectivity index (χ2n) is 4.03. The molecule has 0 aromatic carbocycles. The molecule has 0 aliphatic carbocycles. The van der Waals surface area contributed by atoms with Gasteiger partial charge in [-0.3, -0.25) is 10.1 Å². The van der Waals surface area contributed by atoms with Gasteiger partial charge in [-0.2, -0.15) is 4.98 Å². The molecule has 8 nitrogen and oxygen atoms in total. The number of urea groups is 1. The molecule has 20 heavy (non-hydrogen) atoms. The predicted octanol–water partition coefficient (Wildman–Crippen LogP) is 1.12. The van der Waals surface area contributed by atoms with Gasteiger partial charge in [0, 0.05) is 24.8 Å². The summed E-state index contributed by atoms with van der Waals surface area (Å²) in [6.45, 7) is 4.03. The fourth-order valence-electron chi connectivity index (χ4n) is 1.51. The maximum absolute atomic E-state index is 12.0. The third-order valence-corrected chi connectivity index (χ3v) is 2.52. The van der Waals surface area contributed by atoms with Gasteiger partial charge in [-0.05, 0) is 13.8 Å². The molecule has 8 heteroatoms. The van der Waals surface area contributed by atoms with Crippen molar-refractivity contribution in [1.82, 2.24) is 14.9 Å². The van der Waals surface area contributed by atoms with Gasteiger partial charge in [0.05, 0.1) is 13.5 Å². The second kappa shape index (κ2) is 7.27. The van der Waals surface area contributed by atoms with Crippen LogP contribution in [0.15, 0.2) is 6.07 Å². The number of hydrogen-bond donors (Lipinski definition) is 2. The molecule has 1 heterocycles. The van der Waals surface area contributed by atoms with Crippen LogP contribution in [0.3, 0.4) is 0 Å². The van der Waals surface area contributed by atoms with Crippen molar-refractivity contribution in [2.24, 2.45) is 0 Å². The number of nitrogens with one attached hydrogen (secondary N) is 1. The van der Waals surface area contributed by atoms with Crippen LogP contribution in [0.2, 0.25) is 0 Å². The highest BCUT2D eigenvalue weighted by Gasteiger charge is 2.14. The van der Waals surface area contributed by atoms with Crippen molar-refractivity contribution in [2.75, 3.05) is 25.5 Å². The average Bonchev–Trinajstić information content (AvgIpc) is 2.38. The standard InChI is InChI=1S/C12H18N4O4/c1-4-16(6-5-10(17)18)12(19)15-11-13-8(2)7-9(14-11)20-3/h7H,4-6H2,1-3H3,(H,17,18)(H,13,14,15,19). The van der Waals surface area contributed by atoms with E-state index < -0.39 is 12.0 Å². The van der Waals surface area contributed by atoms with Crippen LogP contribution in [0.5, 0.6) is 5.88 Å². The van der Waals surface area contributed by atoms with Gasteiger partial charge in [0.1, 0.15) is 0 Å². The van der Waals surface area contributed by atoms with E-state index in [4.69, 9.17) is 9.84 Å². The monoisotopic (exact) mass is 282 g/mol. The van der Waals surface area contributed by atoms with Crippen LogP contribution in [-0.4, -0.2) is 52.2 Å². The molecule has 0 saturated heterocycles. The Morgan fingerprint density at radius 2 is 2.15 bits per heavy atom. The largest absolute Gasteiger partial charge is 0.481 e. The van der Waals surface area contributed by atoms with Gasteiger partial charge in [0.2, 0.25) is 11.8 Å². The molecule has 0 fully saturated rings. The highest BCUT2D eigenvalue weighted by atomic mass is 16.5. The quantitative estimate of drug-likeness (QED) is 0.810. The molecule has 1 aromatic heterocycles. The number of nitrogens with zero attached hydrogens (tertiary/aromatic N) is 3. The van der Waals surface area contributed by atoms with Crippen LogP contribution < -0.4 is 10.1 Å². The summed E-state index contributed by atoms with van der Waals surface area (Å²) in [6.07, 6.45) is -0.112. The normalized spacial score (nSPS) is 9.95. The van der Waals surface area contributed by atoms with E-state index in [-0.39, 0.29) is 18.9 Å². The van der Waals surface area contributed by atoms with E-state index in [2.05, 4.69) is 15.3 Å². The smallest absolute Gasteiger partial charge is 0.324 e. The number of anilines is 1. The first-order valence-electron chi connectivity index (χ1n) is 6.13. The minimum Gasteiger partial charge on any atom is -0.481 e. The number of aliphatic carboxylic acids is 1. The lowest BCUT2D eigenvalue weighted by Crippen LogP contribution is -2.36. The van der Waals surface area contributed by atoms with E-state index in [9.17, 15) is 9.59 Å². The number of rotatable bonds is 6. The molecule has 0 unspecified atom stereocenters. The Hall–Kier alpha value is -2.38. The van der Waals surface area contributed by atoms with E-state index >= 15 is 0 Å². The first-order valence-corrected chi connectivity index (χ1v) is 6.13. The fraction of sp³-hybridized carbons (Fsp3) is 0.500. The molecule has 0 radical (unpaired) electrons. The van der Waals surface area contributed by atoms with Crippen LogP contribution in [0, 0.1) is 6.92 Å². The number of carboxylic acid groups (broad SMARTS) is 1. The van der Waals surface area contributed by atoms with E-state index in [1.165, 1.54) is 12.0 Å². The molecule has 0 spiro atoms. The van der Waals surface area contributed by atoms with Crippen LogP contribution >= 0.6 is 0 Å². The summed E-state index contributed by atoms with van der Waals surface area (Å²) in [6, 6.07) is 1.19. The van der Waals surface area contributed by atoms with Crippen LogP contribution in [-0.2, 0) is 4.79 Å². The molecule has 0 aliphatic heterocycles. The van der Waals surface area contributed by atoms with Crippen molar-refractivity contribution >= 4 is 17.9 Å². The molecule has 2 amide bonds. The highest BCUT2D eigenvalue weighted by molar-refractivity contribution is 5.87. The number of carboxylic acids is 1. The Balaban J connectivity index is 2.72. The van der Waals surface area contributed by atoms with Gasteiger partial charge >= 0.3 is 12.0 Å². The minimum atomic E-state index is -0.954. The lowest BCUT2D eigenvalue weighted by molar-refractivity contribution is -0.137. The zero-order chi connectivity index (χ0) is 15.1. The first-order chi connectivity index (χ1) is 9.46. The molecule has 110 valence electrons. The third kappa shape index (κ3) is 4.71. The van der Waals surface area contributed by atoms with Gasteiger partial charge in [0.15, 0.2) is 0 Å². The molecule has 0 bridgehead atoms. The molecule has 2 N–H and O–H groups in total. The van der Waals surface area contributed by atoms with Crippen LogP contribution in [0.25, 0.3) is 0 Å². The van der Waals surface area contributed by atoms with Crippen LogP contribution in [0.4, 0.5) is 10.7 Å². The van der Waals surface area contributed by atoms with Crippen molar-refractivity contribution in [1.29, 1.82) is 0 Å². The van der Waals surface area contributed by atoms with Crippen molar-refractivity contribution in [2.45, 2.75) is 20.3 Å². The summed E-state index contributed by atoms with van der Waals surface area (Å²) in [7, 11) is 1.47. The van der Waals surface area contributed by atoms with Crippen molar-refractivity contribution < 1.29 is 19.4 Å². The van der Waals surface area contributed by atoms with Gasteiger partial charge in [-0.15, -0.1) is 0 Å². The first kappa shape index (κ1) is 15.7. The summed E-state index contributed by atoms with van der Waals surface area (Å²) in [5, 5.41) is 11.2. The summed E-state index contributed by atoms with van der Waals surface area (Å²) in [5.41, 5.74) is 0.653. The third-order valence-electron chi connectivity index (χ3n) is 2.52. The molecule has 1 rings (SSSR count).